The van der Waals surface area contributed by atoms with Crippen molar-refractivity contribution in [1.82, 2.24) is 20.2 Å². The van der Waals surface area contributed by atoms with E-state index in [4.69, 9.17) is 0 Å². The van der Waals surface area contributed by atoms with Crippen LogP contribution in [0.3, 0.4) is 0 Å². The first-order valence-electron chi connectivity index (χ1n) is 7.28. The van der Waals surface area contributed by atoms with Gasteiger partial charge in [0.15, 0.2) is 11.0 Å². The standard InChI is InChI=1S/C17H18N4S/c1-12(2)13-6-8-14(9-7-13)16-19-17(21-20-16)22-11-15-5-3-4-10-18-15/h3-10,12H,11H2,1-2H3,(H,19,20,21). The van der Waals surface area contributed by atoms with Crippen LogP contribution in [0, 0.1) is 0 Å². The van der Waals surface area contributed by atoms with Crippen molar-refractivity contribution in [2.45, 2.75) is 30.7 Å². The number of benzene rings is 1. The Kier molecular flexibility index (Phi) is 4.53. The van der Waals surface area contributed by atoms with Crippen molar-refractivity contribution in [3.8, 4) is 11.4 Å². The van der Waals surface area contributed by atoms with Gasteiger partial charge in [-0.05, 0) is 23.6 Å². The second-order valence-electron chi connectivity index (χ2n) is 5.37. The molecule has 4 nitrogen and oxygen atoms in total. The predicted molar refractivity (Wildman–Crippen MR) is 89.7 cm³/mol. The van der Waals surface area contributed by atoms with E-state index < -0.39 is 0 Å². The summed E-state index contributed by atoms with van der Waals surface area (Å²) in [4.78, 5) is 7.56. The summed E-state index contributed by atoms with van der Waals surface area (Å²) in [6.07, 6.45) is 1.80. The van der Waals surface area contributed by atoms with E-state index in [1.54, 1.807) is 18.0 Å². The normalized spacial score (nSPS) is 11.0. The Morgan fingerprint density at radius 3 is 2.55 bits per heavy atom. The molecule has 2 heterocycles. The van der Waals surface area contributed by atoms with E-state index in [9.17, 15) is 0 Å². The molecule has 2 aromatic heterocycles. The average molecular weight is 310 g/mol. The summed E-state index contributed by atoms with van der Waals surface area (Å²) in [6, 6.07) is 14.4. The quantitative estimate of drug-likeness (QED) is 0.715. The van der Waals surface area contributed by atoms with Crippen molar-refractivity contribution in [3.05, 3.63) is 59.9 Å². The molecule has 0 aliphatic rings. The molecule has 1 aromatic carbocycles. The van der Waals surface area contributed by atoms with E-state index in [1.165, 1.54) is 5.56 Å². The molecule has 0 radical (unpaired) electrons. The van der Waals surface area contributed by atoms with E-state index in [2.05, 4.69) is 58.3 Å². The second-order valence-corrected chi connectivity index (χ2v) is 6.33. The zero-order valence-corrected chi connectivity index (χ0v) is 13.5. The maximum Gasteiger partial charge on any atom is 0.189 e. The Morgan fingerprint density at radius 1 is 1.05 bits per heavy atom. The molecule has 22 heavy (non-hydrogen) atoms. The van der Waals surface area contributed by atoms with Crippen molar-refractivity contribution < 1.29 is 0 Å². The van der Waals surface area contributed by atoms with E-state index in [1.807, 2.05) is 18.2 Å². The summed E-state index contributed by atoms with van der Waals surface area (Å²) < 4.78 is 0. The van der Waals surface area contributed by atoms with Crippen molar-refractivity contribution in [3.63, 3.8) is 0 Å². The molecule has 5 heteroatoms. The van der Waals surface area contributed by atoms with Crippen LogP contribution in [0.2, 0.25) is 0 Å². The third kappa shape index (κ3) is 3.54. The molecule has 0 bridgehead atoms. The van der Waals surface area contributed by atoms with Crippen LogP contribution in [0.4, 0.5) is 0 Å². The topological polar surface area (TPSA) is 54.5 Å². The van der Waals surface area contributed by atoms with Crippen LogP contribution in [-0.4, -0.2) is 20.2 Å². The third-order valence-electron chi connectivity index (χ3n) is 3.40. The zero-order chi connectivity index (χ0) is 15.4. The highest BCUT2D eigenvalue weighted by Gasteiger charge is 2.07. The summed E-state index contributed by atoms with van der Waals surface area (Å²) in [7, 11) is 0. The van der Waals surface area contributed by atoms with Crippen molar-refractivity contribution in [2.75, 3.05) is 0 Å². The lowest BCUT2D eigenvalue weighted by molar-refractivity contribution is 0.867. The first-order valence-corrected chi connectivity index (χ1v) is 8.26. The highest BCUT2D eigenvalue weighted by molar-refractivity contribution is 7.98. The largest absolute Gasteiger partial charge is 0.316 e. The van der Waals surface area contributed by atoms with Gasteiger partial charge in [-0.15, -0.1) is 10.2 Å². The fourth-order valence-electron chi connectivity index (χ4n) is 2.09. The predicted octanol–water partition coefficient (Wildman–Crippen LogP) is 4.28. The van der Waals surface area contributed by atoms with E-state index in [0.717, 1.165) is 28.0 Å². The molecule has 0 unspecified atom stereocenters. The van der Waals surface area contributed by atoms with Crippen LogP contribution in [0.5, 0.6) is 0 Å². The first-order chi connectivity index (χ1) is 10.7. The van der Waals surface area contributed by atoms with Crippen LogP contribution in [-0.2, 0) is 5.75 Å². The zero-order valence-electron chi connectivity index (χ0n) is 12.7. The number of nitrogens with zero attached hydrogens (tertiary/aromatic N) is 3. The molecule has 1 N–H and O–H groups in total. The van der Waals surface area contributed by atoms with Gasteiger partial charge < -0.3 is 4.98 Å². The number of hydrogen-bond donors (Lipinski definition) is 1. The van der Waals surface area contributed by atoms with E-state index in [-0.39, 0.29) is 0 Å². The second kappa shape index (κ2) is 6.75. The van der Waals surface area contributed by atoms with Gasteiger partial charge in [-0.3, -0.25) is 4.98 Å². The molecular weight excluding hydrogens is 292 g/mol. The average Bonchev–Trinajstić information content (AvgIpc) is 3.03. The summed E-state index contributed by atoms with van der Waals surface area (Å²) in [5.74, 6) is 2.12. The summed E-state index contributed by atoms with van der Waals surface area (Å²) >= 11 is 1.61. The molecule has 3 rings (SSSR count). The first kappa shape index (κ1) is 14.8. The smallest absolute Gasteiger partial charge is 0.189 e. The molecule has 3 aromatic rings. The fourth-order valence-corrected chi connectivity index (χ4v) is 2.82. The molecule has 0 saturated carbocycles. The Hall–Kier alpha value is -2.14. The van der Waals surface area contributed by atoms with Crippen molar-refractivity contribution in [1.29, 1.82) is 0 Å². The summed E-state index contributed by atoms with van der Waals surface area (Å²) in [5.41, 5.74) is 3.42. The maximum absolute atomic E-state index is 4.30. The SMILES string of the molecule is CC(C)c1ccc(-c2nnc(SCc3ccccn3)[nH]2)cc1. The number of aromatic nitrogens is 4. The van der Waals surface area contributed by atoms with Gasteiger partial charge in [-0.2, -0.15) is 0 Å². The third-order valence-corrected chi connectivity index (χ3v) is 4.30. The molecule has 0 atom stereocenters. The minimum absolute atomic E-state index is 0.535. The highest BCUT2D eigenvalue weighted by atomic mass is 32.2. The monoisotopic (exact) mass is 310 g/mol. The number of H-pyrrole nitrogens is 1. The lowest BCUT2D eigenvalue weighted by Crippen LogP contribution is -1.87. The van der Waals surface area contributed by atoms with Crippen LogP contribution in [0.1, 0.15) is 31.0 Å². The van der Waals surface area contributed by atoms with Gasteiger partial charge >= 0.3 is 0 Å². The van der Waals surface area contributed by atoms with Crippen molar-refractivity contribution >= 4 is 11.8 Å². The maximum atomic E-state index is 4.30. The van der Waals surface area contributed by atoms with Gasteiger partial charge in [0.1, 0.15) is 0 Å². The molecule has 0 amide bonds. The van der Waals surface area contributed by atoms with Gasteiger partial charge in [-0.25, -0.2) is 0 Å². The number of hydrogen-bond acceptors (Lipinski definition) is 4. The van der Waals surface area contributed by atoms with Gasteiger partial charge in [0.25, 0.3) is 0 Å². The van der Waals surface area contributed by atoms with Gasteiger partial charge in [-0.1, -0.05) is 55.9 Å². The van der Waals surface area contributed by atoms with Crippen LogP contribution >= 0.6 is 11.8 Å². The number of thioether (sulfide) groups is 1. The van der Waals surface area contributed by atoms with Crippen LogP contribution in [0.25, 0.3) is 11.4 Å². The number of rotatable bonds is 5. The fraction of sp³-hybridized carbons (Fsp3) is 0.235. The Balaban J connectivity index is 1.68. The summed E-state index contributed by atoms with van der Waals surface area (Å²) in [6.45, 7) is 4.38. The van der Waals surface area contributed by atoms with E-state index in [0.29, 0.717) is 5.92 Å². The van der Waals surface area contributed by atoms with Gasteiger partial charge in [0.2, 0.25) is 0 Å². The number of aromatic amines is 1. The molecule has 0 spiro atoms. The minimum atomic E-state index is 0.535. The lowest BCUT2D eigenvalue weighted by Gasteiger charge is -2.05. The van der Waals surface area contributed by atoms with Crippen LogP contribution in [0.15, 0.2) is 53.8 Å². The molecule has 0 aliphatic heterocycles. The lowest BCUT2D eigenvalue weighted by atomic mass is 10.0. The minimum Gasteiger partial charge on any atom is -0.316 e. The van der Waals surface area contributed by atoms with Gasteiger partial charge in [0, 0.05) is 17.5 Å². The van der Waals surface area contributed by atoms with Gasteiger partial charge in [0.05, 0.1) is 5.69 Å². The molecule has 0 saturated heterocycles. The molecule has 0 fully saturated rings. The Bertz CT molecular complexity index is 720. The van der Waals surface area contributed by atoms with Crippen LogP contribution < -0.4 is 0 Å². The Morgan fingerprint density at radius 2 is 1.86 bits per heavy atom. The molecular formula is C17H18N4S. The number of nitrogens with one attached hydrogen (secondary N) is 1. The highest BCUT2D eigenvalue weighted by Crippen LogP contribution is 2.23. The number of pyridine rings is 1. The molecule has 112 valence electrons. The van der Waals surface area contributed by atoms with Crippen molar-refractivity contribution in [2.24, 2.45) is 0 Å². The summed E-state index contributed by atoms with van der Waals surface area (Å²) in [5, 5.41) is 9.23. The molecule has 0 aliphatic carbocycles. The van der Waals surface area contributed by atoms with E-state index >= 15 is 0 Å². The Labute approximate surface area is 134 Å².